The molecule has 0 radical (unpaired) electrons. The number of rotatable bonds is 10. The Hall–Kier alpha value is -4.17. The van der Waals surface area contributed by atoms with Gasteiger partial charge in [-0.05, 0) is 73.5 Å². The Kier molecular flexibility index (Phi) is 8.43. The van der Waals surface area contributed by atoms with Gasteiger partial charge in [0.15, 0.2) is 0 Å². The number of carbonyl (C=O) groups excluding carboxylic acids is 1. The van der Waals surface area contributed by atoms with E-state index in [1.165, 1.54) is 12.1 Å². The van der Waals surface area contributed by atoms with Gasteiger partial charge >= 0.3 is 0 Å². The van der Waals surface area contributed by atoms with Crippen molar-refractivity contribution < 1.29 is 22.3 Å². The first-order valence-electron chi connectivity index (χ1n) is 12.2. The van der Waals surface area contributed by atoms with Crippen molar-refractivity contribution >= 4 is 21.6 Å². The van der Waals surface area contributed by atoms with Crippen LogP contribution >= 0.6 is 0 Å². The number of hydrogen-bond acceptors (Lipinski definition) is 4. The van der Waals surface area contributed by atoms with Crippen LogP contribution in [0.2, 0.25) is 0 Å². The Labute approximate surface area is 222 Å². The molecule has 38 heavy (non-hydrogen) atoms. The van der Waals surface area contributed by atoms with Crippen molar-refractivity contribution in [3.05, 3.63) is 126 Å². The molecule has 0 fully saturated rings. The molecule has 8 heteroatoms. The van der Waals surface area contributed by atoms with Crippen molar-refractivity contribution in [3.8, 4) is 5.75 Å². The van der Waals surface area contributed by atoms with Crippen LogP contribution in [0.5, 0.6) is 5.75 Å². The van der Waals surface area contributed by atoms with Crippen LogP contribution in [0.4, 0.5) is 10.1 Å². The maximum atomic E-state index is 13.6. The monoisotopic (exact) mass is 532 g/mol. The molecule has 6 nitrogen and oxygen atoms in total. The first-order chi connectivity index (χ1) is 18.3. The molecule has 196 valence electrons. The third-order valence-electron chi connectivity index (χ3n) is 5.97. The third kappa shape index (κ3) is 6.39. The number of benzene rings is 4. The van der Waals surface area contributed by atoms with Crippen LogP contribution in [-0.2, 0) is 14.8 Å². The molecule has 0 aliphatic rings. The van der Waals surface area contributed by atoms with Crippen LogP contribution < -0.4 is 14.4 Å². The fourth-order valence-corrected chi connectivity index (χ4v) is 5.45. The summed E-state index contributed by atoms with van der Waals surface area (Å²) in [5, 5.41) is 3.00. The Balaban J connectivity index is 1.67. The van der Waals surface area contributed by atoms with Gasteiger partial charge in [-0.25, -0.2) is 12.8 Å². The first-order valence-corrected chi connectivity index (χ1v) is 13.6. The summed E-state index contributed by atoms with van der Waals surface area (Å²) in [5.74, 6) is -0.486. The predicted molar refractivity (Wildman–Crippen MR) is 146 cm³/mol. The Bertz CT molecular complexity index is 1460. The van der Waals surface area contributed by atoms with E-state index in [0.717, 1.165) is 33.1 Å². The van der Waals surface area contributed by atoms with E-state index in [-0.39, 0.29) is 10.6 Å². The molecule has 1 N–H and O–H groups in total. The van der Waals surface area contributed by atoms with Crippen LogP contribution in [0.3, 0.4) is 0 Å². The number of carbonyl (C=O) groups is 1. The third-order valence-corrected chi connectivity index (χ3v) is 7.76. The topological polar surface area (TPSA) is 75.7 Å². The Morgan fingerprint density at radius 3 is 2.08 bits per heavy atom. The van der Waals surface area contributed by atoms with Crippen molar-refractivity contribution in [3.63, 3.8) is 0 Å². The van der Waals surface area contributed by atoms with E-state index in [1.807, 2.05) is 68.4 Å². The highest BCUT2D eigenvalue weighted by Crippen LogP contribution is 2.27. The molecule has 0 aliphatic heterocycles. The van der Waals surface area contributed by atoms with Crippen LogP contribution in [0.1, 0.15) is 29.7 Å². The van der Waals surface area contributed by atoms with Gasteiger partial charge in [0.25, 0.3) is 10.0 Å². The molecule has 4 aromatic rings. The van der Waals surface area contributed by atoms with Crippen LogP contribution in [-0.4, -0.2) is 27.5 Å². The largest absolute Gasteiger partial charge is 0.494 e. The Morgan fingerprint density at radius 2 is 1.47 bits per heavy atom. The van der Waals surface area contributed by atoms with E-state index in [2.05, 4.69) is 5.32 Å². The van der Waals surface area contributed by atoms with Gasteiger partial charge in [0, 0.05) is 0 Å². The molecule has 1 atom stereocenters. The molecular formula is C30H29FN2O4S. The second kappa shape index (κ2) is 11.9. The molecule has 0 saturated heterocycles. The molecule has 0 aromatic heterocycles. The van der Waals surface area contributed by atoms with Gasteiger partial charge in [0.2, 0.25) is 5.91 Å². The lowest BCUT2D eigenvalue weighted by atomic mass is 9.98. The summed E-state index contributed by atoms with van der Waals surface area (Å²) in [6.07, 6.45) is 0. The van der Waals surface area contributed by atoms with Crippen LogP contribution in [0.15, 0.2) is 108 Å². The quantitative estimate of drug-likeness (QED) is 0.287. The van der Waals surface area contributed by atoms with E-state index in [4.69, 9.17) is 4.74 Å². The number of amides is 1. The second-order valence-corrected chi connectivity index (χ2v) is 10.6. The zero-order valence-corrected chi connectivity index (χ0v) is 22.0. The lowest BCUT2D eigenvalue weighted by molar-refractivity contribution is -0.120. The number of hydrogen-bond donors (Lipinski definition) is 1. The first kappa shape index (κ1) is 26.9. The number of ether oxygens (including phenoxy) is 1. The minimum atomic E-state index is -4.20. The minimum absolute atomic E-state index is 0.126. The summed E-state index contributed by atoms with van der Waals surface area (Å²) in [6.45, 7) is 3.80. The highest BCUT2D eigenvalue weighted by atomic mass is 32.2. The number of sulfonamides is 1. The fourth-order valence-electron chi connectivity index (χ4n) is 4.02. The fraction of sp³-hybridized carbons (Fsp3) is 0.167. The maximum Gasteiger partial charge on any atom is 0.264 e. The van der Waals surface area contributed by atoms with Gasteiger partial charge in [-0.1, -0.05) is 60.2 Å². The maximum absolute atomic E-state index is 13.6. The lowest BCUT2D eigenvalue weighted by Gasteiger charge is -2.26. The summed E-state index contributed by atoms with van der Waals surface area (Å²) >= 11 is 0. The van der Waals surface area contributed by atoms with Crippen molar-refractivity contribution in [2.24, 2.45) is 0 Å². The van der Waals surface area contributed by atoms with Crippen molar-refractivity contribution in [2.75, 3.05) is 17.5 Å². The van der Waals surface area contributed by atoms with E-state index >= 15 is 0 Å². The molecule has 0 bridgehead atoms. The normalized spacial score (nSPS) is 12.0. The number of aryl methyl sites for hydroxylation is 1. The molecule has 4 rings (SSSR count). The summed E-state index contributed by atoms with van der Waals surface area (Å²) < 4.78 is 47.3. The Morgan fingerprint density at radius 1 is 0.868 bits per heavy atom. The van der Waals surface area contributed by atoms with Gasteiger partial charge in [-0.3, -0.25) is 9.10 Å². The molecular weight excluding hydrogens is 503 g/mol. The zero-order valence-electron chi connectivity index (χ0n) is 21.2. The van der Waals surface area contributed by atoms with Crippen molar-refractivity contribution in [1.29, 1.82) is 0 Å². The summed E-state index contributed by atoms with van der Waals surface area (Å²) in [4.78, 5) is 13.3. The van der Waals surface area contributed by atoms with Crippen LogP contribution in [0.25, 0.3) is 0 Å². The van der Waals surface area contributed by atoms with E-state index in [1.54, 1.807) is 24.3 Å². The summed E-state index contributed by atoms with van der Waals surface area (Å²) in [6, 6.07) is 27.7. The van der Waals surface area contributed by atoms with Gasteiger partial charge in [-0.2, -0.15) is 0 Å². The van der Waals surface area contributed by atoms with Crippen molar-refractivity contribution in [1.82, 2.24) is 5.32 Å². The van der Waals surface area contributed by atoms with E-state index in [9.17, 15) is 17.6 Å². The SMILES string of the molecule is CCOc1ccc(N(CC(=O)N[C@@H](c2ccccc2)c2ccc(C)cc2)S(=O)(=O)c2ccc(F)cc2)cc1. The van der Waals surface area contributed by atoms with E-state index < -0.39 is 34.3 Å². The number of nitrogens with one attached hydrogen (secondary N) is 1. The number of anilines is 1. The van der Waals surface area contributed by atoms with E-state index in [0.29, 0.717) is 12.4 Å². The second-order valence-electron chi connectivity index (χ2n) is 8.71. The molecule has 4 aromatic carbocycles. The van der Waals surface area contributed by atoms with Gasteiger partial charge in [0.1, 0.15) is 18.1 Å². The van der Waals surface area contributed by atoms with Crippen molar-refractivity contribution in [2.45, 2.75) is 24.8 Å². The zero-order chi connectivity index (χ0) is 27.1. The standard InChI is InChI=1S/C30H29FN2O4S/c1-3-37-27-17-15-26(16-18-27)33(38(35,36)28-19-13-25(31)14-20-28)21-29(34)32-30(23-7-5-4-6-8-23)24-11-9-22(2)10-12-24/h4-20,30H,3,21H2,1-2H3,(H,32,34)/t30-/m0/s1. The molecule has 0 aliphatic carbocycles. The number of nitrogens with zero attached hydrogens (tertiary/aromatic N) is 1. The highest BCUT2D eigenvalue weighted by Gasteiger charge is 2.28. The molecule has 1 amide bonds. The molecule has 0 unspecified atom stereocenters. The number of halogens is 1. The highest BCUT2D eigenvalue weighted by molar-refractivity contribution is 7.92. The smallest absolute Gasteiger partial charge is 0.264 e. The van der Waals surface area contributed by atoms with Gasteiger partial charge < -0.3 is 10.1 Å². The van der Waals surface area contributed by atoms with Gasteiger partial charge in [-0.15, -0.1) is 0 Å². The summed E-state index contributed by atoms with van der Waals surface area (Å²) in [7, 11) is -4.20. The average Bonchev–Trinajstić information content (AvgIpc) is 2.92. The molecule has 0 spiro atoms. The predicted octanol–water partition coefficient (Wildman–Crippen LogP) is 5.63. The molecule has 0 saturated carbocycles. The lowest BCUT2D eigenvalue weighted by Crippen LogP contribution is -2.42. The molecule has 0 heterocycles. The average molecular weight is 533 g/mol. The summed E-state index contributed by atoms with van der Waals surface area (Å²) in [5.41, 5.74) is 3.08. The van der Waals surface area contributed by atoms with Crippen LogP contribution in [0, 0.1) is 12.7 Å². The minimum Gasteiger partial charge on any atom is -0.494 e. The van der Waals surface area contributed by atoms with Gasteiger partial charge in [0.05, 0.1) is 23.2 Å².